The standard InChI is InChI=1S/C7H11NO3/c1-6(10)2-3-7(11)8-4-5-9/h5H,2-4H2,1H3,(H,8,11). The van der Waals surface area contributed by atoms with Crippen LogP contribution in [0.3, 0.4) is 0 Å². The fraction of sp³-hybridized carbons (Fsp3) is 0.571. The minimum absolute atomic E-state index is 0.0220. The third kappa shape index (κ3) is 6.70. The number of rotatable bonds is 5. The van der Waals surface area contributed by atoms with Crippen LogP contribution >= 0.6 is 0 Å². The van der Waals surface area contributed by atoms with Crippen molar-refractivity contribution in [1.29, 1.82) is 0 Å². The molecule has 0 rings (SSSR count). The van der Waals surface area contributed by atoms with Crippen LogP contribution in [0.1, 0.15) is 19.8 Å². The molecule has 1 amide bonds. The van der Waals surface area contributed by atoms with Gasteiger partial charge in [-0.2, -0.15) is 0 Å². The number of ketones is 1. The van der Waals surface area contributed by atoms with Crippen LogP contribution < -0.4 is 5.32 Å². The summed E-state index contributed by atoms with van der Waals surface area (Å²) in [5, 5.41) is 2.33. The molecule has 0 unspecified atom stereocenters. The fourth-order valence-electron chi connectivity index (χ4n) is 0.533. The first-order chi connectivity index (χ1) is 5.16. The van der Waals surface area contributed by atoms with E-state index in [0.29, 0.717) is 6.29 Å². The molecule has 4 nitrogen and oxygen atoms in total. The Morgan fingerprint density at radius 2 is 2.00 bits per heavy atom. The SMILES string of the molecule is CC(=O)CCC(=O)NCC=O. The molecular formula is C7H11NO3. The molecule has 0 aliphatic carbocycles. The maximum absolute atomic E-state index is 10.7. The minimum Gasteiger partial charge on any atom is -0.349 e. The average molecular weight is 157 g/mol. The van der Waals surface area contributed by atoms with Crippen molar-refractivity contribution in [3.63, 3.8) is 0 Å². The highest BCUT2D eigenvalue weighted by atomic mass is 16.2. The summed E-state index contributed by atoms with van der Waals surface area (Å²) in [7, 11) is 0. The second-order valence-electron chi connectivity index (χ2n) is 2.17. The lowest BCUT2D eigenvalue weighted by Crippen LogP contribution is -2.25. The Hall–Kier alpha value is -1.19. The monoisotopic (exact) mass is 157 g/mol. The second kappa shape index (κ2) is 5.58. The predicted molar refractivity (Wildman–Crippen MR) is 39.0 cm³/mol. The van der Waals surface area contributed by atoms with Crippen molar-refractivity contribution in [2.45, 2.75) is 19.8 Å². The number of carbonyl (C=O) groups is 3. The summed E-state index contributed by atoms with van der Waals surface area (Å²) in [5.41, 5.74) is 0. The molecular weight excluding hydrogens is 146 g/mol. The highest BCUT2D eigenvalue weighted by molar-refractivity contribution is 5.84. The molecule has 0 aromatic carbocycles. The molecule has 11 heavy (non-hydrogen) atoms. The average Bonchev–Trinajstić information content (AvgIpc) is 1.97. The summed E-state index contributed by atoms with van der Waals surface area (Å²) in [6, 6.07) is 0. The zero-order valence-electron chi connectivity index (χ0n) is 6.42. The topological polar surface area (TPSA) is 63.2 Å². The zero-order valence-corrected chi connectivity index (χ0v) is 6.42. The summed E-state index contributed by atoms with van der Waals surface area (Å²) < 4.78 is 0. The number of amides is 1. The van der Waals surface area contributed by atoms with E-state index in [-0.39, 0.29) is 31.1 Å². The maximum atomic E-state index is 10.7. The van der Waals surface area contributed by atoms with E-state index in [1.165, 1.54) is 6.92 Å². The molecule has 0 aromatic heterocycles. The van der Waals surface area contributed by atoms with E-state index in [4.69, 9.17) is 0 Å². The van der Waals surface area contributed by atoms with Gasteiger partial charge in [0.1, 0.15) is 12.1 Å². The van der Waals surface area contributed by atoms with Gasteiger partial charge in [0.2, 0.25) is 5.91 Å². The molecule has 0 heterocycles. The van der Waals surface area contributed by atoms with Crippen molar-refractivity contribution >= 4 is 18.0 Å². The molecule has 0 aliphatic heterocycles. The van der Waals surface area contributed by atoms with Crippen LogP contribution in [0.15, 0.2) is 0 Å². The third-order valence-electron chi connectivity index (χ3n) is 1.09. The Morgan fingerprint density at radius 3 is 2.45 bits per heavy atom. The van der Waals surface area contributed by atoms with Gasteiger partial charge in [-0.25, -0.2) is 0 Å². The molecule has 0 saturated heterocycles. The lowest BCUT2D eigenvalue weighted by Gasteiger charge is -1.97. The van der Waals surface area contributed by atoms with Crippen molar-refractivity contribution in [3.8, 4) is 0 Å². The van der Waals surface area contributed by atoms with Gasteiger partial charge in [-0.15, -0.1) is 0 Å². The number of hydrogen-bond acceptors (Lipinski definition) is 3. The van der Waals surface area contributed by atoms with Crippen LogP contribution in [0.25, 0.3) is 0 Å². The maximum Gasteiger partial charge on any atom is 0.220 e. The van der Waals surface area contributed by atoms with Gasteiger partial charge in [0.05, 0.1) is 6.54 Å². The Balaban J connectivity index is 3.37. The molecule has 0 aromatic rings. The van der Waals surface area contributed by atoms with Gasteiger partial charge < -0.3 is 14.9 Å². The fourth-order valence-corrected chi connectivity index (χ4v) is 0.533. The number of hydrogen-bond donors (Lipinski definition) is 1. The Morgan fingerprint density at radius 1 is 1.36 bits per heavy atom. The van der Waals surface area contributed by atoms with Gasteiger partial charge in [-0.3, -0.25) is 4.79 Å². The second-order valence-corrected chi connectivity index (χ2v) is 2.17. The van der Waals surface area contributed by atoms with E-state index >= 15 is 0 Å². The van der Waals surface area contributed by atoms with Crippen LogP contribution in [0.2, 0.25) is 0 Å². The third-order valence-corrected chi connectivity index (χ3v) is 1.09. The van der Waals surface area contributed by atoms with E-state index in [1.807, 2.05) is 0 Å². The van der Waals surface area contributed by atoms with E-state index < -0.39 is 0 Å². The summed E-state index contributed by atoms with van der Waals surface area (Å²) >= 11 is 0. The highest BCUT2D eigenvalue weighted by Gasteiger charge is 2.01. The molecule has 0 fully saturated rings. The molecule has 62 valence electrons. The molecule has 0 bridgehead atoms. The number of carbonyl (C=O) groups excluding carboxylic acids is 3. The van der Waals surface area contributed by atoms with Gasteiger partial charge in [0.15, 0.2) is 0 Å². The van der Waals surface area contributed by atoms with Crippen LogP contribution in [0, 0.1) is 0 Å². The van der Waals surface area contributed by atoms with E-state index in [0.717, 1.165) is 0 Å². The first-order valence-corrected chi connectivity index (χ1v) is 3.36. The van der Waals surface area contributed by atoms with E-state index in [9.17, 15) is 14.4 Å². The number of Topliss-reactive ketones (excluding diaryl/α,β-unsaturated/α-hetero) is 1. The van der Waals surface area contributed by atoms with Crippen LogP contribution in [-0.4, -0.2) is 24.5 Å². The number of nitrogens with one attached hydrogen (secondary N) is 1. The Labute approximate surface area is 65.0 Å². The minimum atomic E-state index is -0.257. The Bertz CT molecular complexity index is 165. The van der Waals surface area contributed by atoms with Gasteiger partial charge in [0.25, 0.3) is 0 Å². The Kier molecular flexibility index (Phi) is 4.98. The highest BCUT2D eigenvalue weighted by Crippen LogP contribution is 1.88. The lowest BCUT2D eigenvalue weighted by molar-refractivity contribution is -0.125. The quantitative estimate of drug-likeness (QED) is 0.556. The summed E-state index contributed by atoms with van der Waals surface area (Å²) in [6.45, 7) is 1.45. The van der Waals surface area contributed by atoms with Gasteiger partial charge in [-0.05, 0) is 6.92 Å². The van der Waals surface area contributed by atoms with Crippen molar-refractivity contribution in [2.24, 2.45) is 0 Å². The number of aldehydes is 1. The van der Waals surface area contributed by atoms with E-state index in [1.54, 1.807) is 0 Å². The van der Waals surface area contributed by atoms with Crippen molar-refractivity contribution in [2.75, 3.05) is 6.54 Å². The normalized spacial score (nSPS) is 8.82. The smallest absolute Gasteiger partial charge is 0.220 e. The van der Waals surface area contributed by atoms with Gasteiger partial charge in [-0.1, -0.05) is 0 Å². The van der Waals surface area contributed by atoms with Crippen LogP contribution in [0.5, 0.6) is 0 Å². The molecule has 1 N–H and O–H groups in total. The molecule has 0 radical (unpaired) electrons. The summed E-state index contributed by atoms with van der Waals surface area (Å²) in [5.74, 6) is -0.279. The first kappa shape index (κ1) is 9.81. The summed E-state index contributed by atoms with van der Waals surface area (Å²) in [6.07, 6.45) is 1.01. The zero-order chi connectivity index (χ0) is 8.69. The van der Waals surface area contributed by atoms with Crippen molar-refractivity contribution in [1.82, 2.24) is 5.32 Å². The largest absolute Gasteiger partial charge is 0.349 e. The van der Waals surface area contributed by atoms with E-state index in [2.05, 4.69) is 5.32 Å². The lowest BCUT2D eigenvalue weighted by atomic mass is 10.2. The molecule has 0 aliphatic rings. The van der Waals surface area contributed by atoms with Crippen LogP contribution in [0.4, 0.5) is 0 Å². The van der Waals surface area contributed by atoms with Crippen molar-refractivity contribution < 1.29 is 14.4 Å². The molecule has 4 heteroatoms. The first-order valence-electron chi connectivity index (χ1n) is 3.36. The molecule has 0 spiro atoms. The van der Waals surface area contributed by atoms with Crippen molar-refractivity contribution in [3.05, 3.63) is 0 Å². The predicted octanol–water partition coefficient (Wildman–Crippen LogP) is -0.329. The molecule has 0 saturated carbocycles. The van der Waals surface area contributed by atoms with Gasteiger partial charge >= 0.3 is 0 Å². The van der Waals surface area contributed by atoms with Crippen LogP contribution in [-0.2, 0) is 14.4 Å². The molecule has 0 atom stereocenters. The van der Waals surface area contributed by atoms with Gasteiger partial charge in [0, 0.05) is 12.8 Å². The summed E-state index contributed by atoms with van der Waals surface area (Å²) in [4.78, 5) is 30.8.